The molecule has 0 saturated carbocycles. The molecule has 1 aromatic rings. The Hall–Kier alpha value is -0.860. The lowest BCUT2D eigenvalue weighted by Gasteiger charge is -2.29. The highest BCUT2D eigenvalue weighted by molar-refractivity contribution is 5.24. The van der Waals surface area contributed by atoms with Crippen LogP contribution in [0.4, 0.5) is 0 Å². The normalized spacial score (nSPS) is 13.1. The third kappa shape index (κ3) is 3.32. The second kappa shape index (κ2) is 6.66. The number of rotatable bonds is 6. The largest absolute Gasteiger partial charge is 0.329 e. The molecule has 0 fully saturated rings. The van der Waals surface area contributed by atoms with Gasteiger partial charge in [-0.1, -0.05) is 43.7 Å². The summed E-state index contributed by atoms with van der Waals surface area (Å²) in [7, 11) is 0. The number of nitrogens with zero attached hydrogens (tertiary/aromatic N) is 1. The molecule has 0 aliphatic heterocycles. The zero-order chi connectivity index (χ0) is 12.0. The van der Waals surface area contributed by atoms with E-state index in [0.29, 0.717) is 12.6 Å². The number of likely N-dealkylation sites (N-methyl/N-ethyl adjacent to an activating group) is 1. The molecule has 0 aliphatic carbocycles. The lowest BCUT2D eigenvalue weighted by atomic mass is 10.0. The molecule has 0 bridgehead atoms. The van der Waals surface area contributed by atoms with Crippen LogP contribution in [0.3, 0.4) is 0 Å². The van der Waals surface area contributed by atoms with Crippen LogP contribution in [0.2, 0.25) is 0 Å². The molecule has 90 valence electrons. The van der Waals surface area contributed by atoms with E-state index >= 15 is 0 Å². The van der Waals surface area contributed by atoms with Gasteiger partial charge in [-0.05, 0) is 32.0 Å². The Morgan fingerprint density at radius 3 is 2.25 bits per heavy atom. The summed E-state index contributed by atoms with van der Waals surface area (Å²) in [6.07, 6.45) is 1.18. The summed E-state index contributed by atoms with van der Waals surface area (Å²) < 4.78 is 0. The van der Waals surface area contributed by atoms with Gasteiger partial charge in [-0.2, -0.15) is 0 Å². The maximum Gasteiger partial charge on any atom is 0.0470 e. The van der Waals surface area contributed by atoms with Crippen LogP contribution in [0.5, 0.6) is 0 Å². The van der Waals surface area contributed by atoms with Crippen molar-refractivity contribution in [3.05, 3.63) is 35.4 Å². The van der Waals surface area contributed by atoms with Crippen LogP contribution in [0, 0.1) is 6.92 Å². The van der Waals surface area contributed by atoms with E-state index in [0.717, 1.165) is 13.1 Å². The Morgan fingerprint density at radius 2 is 1.81 bits per heavy atom. The Bertz CT molecular complexity index is 292. The molecule has 0 radical (unpaired) electrons. The molecule has 2 N–H and O–H groups in total. The van der Waals surface area contributed by atoms with E-state index in [2.05, 4.69) is 49.9 Å². The molecule has 1 unspecified atom stereocenters. The second-order valence-corrected chi connectivity index (χ2v) is 4.29. The maximum atomic E-state index is 5.91. The Kier molecular flexibility index (Phi) is 5.50. The van der Waals surface area contributed by atoms with Crippen molar-refractivity contribution in [2.24, 2.45) is 5.73 Å². The van der Waals surface area contributed by atoms with Crippen LogP contribution in [0.1, 0.15) is 37.4 Å². The van der Waals surface area contributed by atoms with E-state index in [9.17, 15) is 0 Å². The van der Waals surface area contributed by atoms with Crippen molar-refractivity contribution in [2.45, 2.75) is 33.2 Å². The average molecular weight is 220 g/mol. The van der Waals surface area contributed by atoms with Crippen molar-refractivity contribution < 1.29 is 0 Å². The van der Waals surface area contributed by atoms with Crippen LogP contribution in [-0.4, -0.2) is 24.5 Å². The van der Waals surface area contributed by atoms with E-state index in [1.165, 1.54) is 17.5 Å². The number of benzene rings is 1. The maximum absolute atomic E-state index is 5.91. The van der Waals surface area contributed by atoms with Gasteiger partial charge in [-0.25, -0.2) is 0 Å². The Labute approximate surface area is 99.5 Å². The van der Waals surface area contributed by atoms with E-state index in [-0.39, 0.29) is 0 Å². The molecule has 1 atom stereocenters. The van der Waals surface area contributed by atoms with Gasteiger partial charge in [-0.15, -0.1) is 0 Å². The highest BCUT2D eigenvalue weighted by Crippen LogP contribution is 2.20. The van der Waals surface area contributed by atoms with Crippen LogP contribution in [0.25, 0.3) is 0 Å². The second-order valence-electron chi connectivity index (χ2n) is 4.29. The first kappa shape index (κ1) is 13.2. The monoisotopic (exact) mass is 220 g/mol. The molecule has 1 rings (SSSR count). The topological polar surface area (TPSA) is 29.3 Å². The molecule has 2 nitrogen and oxygen atoms in total. The minimum atomic E-state index is 0.366. The van der Waals surface area contributed by atoms with Crippen LogP contribution in [-0.2, 0) is 0 Å². The van der Waals surface area contributed by atoms with Crippen molar-refractivity contribution in [1.29, 1.82) is 0 Å². The first-order valence-electron chi connectivity index (χ1n) is 6.23. The third-order valence-electron chi connectivity index (χ3n) is 3.04. The molecule has 0 aliphatic rings. The molecule has 0 amide bonds. The minimum absolute atomic E-state index is 0.366. The number of hydrogen-bond acceptors (Lipinski definition) is 2. The van der Waals surface area contributed by atoms with Crippen LogP contribution >= 0.6 is 0 Å². The van der Waals surface area contributed by atoms with E-state index in [1.54, 1.807) is 0 Å². The summed E-state index contributed by atoms with van der Waals surface area (Å²) in [5, 5.41) is 0. The number of hydrogen-bond donors (Lipinski definition) is 1. The Morgan fingerprint density at radius 1 is 1.19 bits per heavy atom. The predicted molar refractivity (Wildman–Crippen MR) is 70.5 cm³/mol. The molecule has 0 spiro atoms. The summed E-state index contributed by atoms with van der Waals surface area (Å²) in [5.74, 6) is 0. The fraction of sp³-hybridized carbons (Fsp3) is 0.571. The highest BCUT2D eigenvalue weighted by Gasteiger charge is 2.16. The first-order chi connectivity index (χ1) is 7.72. The molecular formula is C14H24N2. The van der Waals surface area contributed by atoms with E-state index < -0.39 is 0 Å². The standard InChI is InChI=1S/C14H24N2/c1-4-10-16(5-2)14(11-15)13-8-6-12(3)7-9-13/h6-9,14H,4-5,10-11,15H2,1-3H3. The quantitative estimate of drug-likeness (QED) is 0.798. The van der Waals surface area contributed by atoms with Gasteiger partial charge >= 0.3 is 0 Å². The molecule has 0 saturated heterocycles. The summed E-state index contributed by atoms with van der Waals surface area (Å²) in [5.41, 5.74) is 8.55. The van der Waals surface area contributed by atoms with Crippen LogP contribution in [0.15, 0.2) is 24.3 Å². The van der Waals surface area contributed by atoms with Crippen molar-refractivity contribution >= 4 is 0 Å². The van der Waals surface area contributed by atoms with Gasteiger partial charge < -0.3 is 5.73 Å². The summed E-state index contributed by atoms with van der Waals surface area (Å²) in [6, 6.07) is 9.09. The molecule has 1 aromatic carbocycles. The number of nitrogens with two attached hydrogens (primary N) is 1. The molecule has 0 aromatic heterocycles. The predicted octanol–water partition coefficient (Wildman–Crippen LogP) is 2.73. The number of aryl methyl sites for hydroxylation is 1. The van der Waals surface area contributed by atoms with Gasteiger partial charge in [0.25, 0.3) is 0 Å². The van der Waals surface area contributed by atoms with Crippen LogP contribution < -0.4 is 5.73 Å². The fourth-order valence-corrected chi connectivity index (χ4v) is 2.11. The highest BCUT2D eigenvalue weighted by atomic mass is 15.2. The smallest absolute Gasteiger partial charge is 0.0470 e. The SMILES string of the molecule is CCCN(CC)C(CN)c1ccc(C)cc1. The van der Waals surface area contributed by atoms with Gasteiger partial charge in [-0.3, -0.25) is 4.90 Å². The van der Waals surface area contributed by atoms with Crippen molar-refractivity contribution in [3.8, 4) is 0 Å². The fourth-order valence-electron chi connectivity index (χ4n) is 2.11. The lowest BCUT2D eigenvalue weighted by molar-refractivity contribution is 0.213. The Balaban J connectivity index is 2.83. The van der Waals surface area contributed by atoms with Gasteiger partial charge in [0, 0.05) is 12.6 Å². The zero-order valence-corrected chi connectivity index (χ0v) is 10.7. The van der Waals surface area contributed by atoms with Crippen molar-refractivity contribution in [2.75, 3.05) is 19.6 Å². The molecule has 0 heterocycles. The molecule has 16 heavy (non-hydrogen) atoms. The van der Waals surface area contributed by atoms with E-state index in [1.807, 2.05) is 0 Å². The van der Waals surface area contributed by atoms with Crippen molar-refractivity contribution in [1.82, 2.24) is 4.90 Å². The summed E-state index contributed by atoms with van der Waals surface area (Å²) >= 11 is 0. The zero-order valence-electron chi connectivity index (χ0n) is 10.7. The average Bonchev–Trinajstić information content (AvgIpc) is 2.31. The lowest BCUT2D eigenvalue weighted by Crippen LogP contribution is -2.34. The summed E-state index contributed by atoms with van der Waals surface area (Å²) in [4.78, 5) is 2.45. The van der Waals surface area contributed by atoms with E-state index in [4.69, 9.17) is 5.73 Å². The van der Waals surface area contributed by atoms with Gasteiger partial charge in [0.15, 0.2) is 0 Å². The molecule has 2 heteroatoms. The first-order valence-corrected chi connectivity index (χ1v) is 6.23. The summed E-state index contributed by atoms with van der Waals surface area (Å²) in [6.45, 7) is 9.40. The molecular weight excluding hydrogens is 196 g/mol. The van der Waals surface area contributed by atoms with Gasteiger partial charge in [0.1, 0.15) is 0 Å². The van der Waals surface area contributed by atoms with Gasteiger partial charge in [0.2, 0.25) is 0 Å². The minimum Gasteiger partial charge on any atom is -0.329 e. The third-order valence-corrected chi connectivity index (χ3v) is 3.04. The van der Waals surface area contributed by atoms with Gasteiger partial charge in [0.05, 0.1) is 0 Å². The van der Waals surface area contributed by atoms with Crippen molar-refractivity contribution in [3.63, 3.8) is 0 Å².